The molecule has 1 heterocycles. The summed E-state index contributed by atoms with van der Waals surface area (Å²) in [5.74, 6) is -0.269. The second-order valence-corrected chi connectivity index (χ2v) is 17.0. The standard InChI is InChI=1S/C42H45F3NO6PS/c1-32-24-37(29-54-32)18-11-23-50-39-20-19-33(25-38(39)42(43,44)45)21-22-41(30-47,46-40(48)51-26-34-12-5-2-6-13-34)31-52-53(49,27-35-14-7-3-8-15-35)28-36-16-9-4-10-17-36/h2-10,12-17,19-20,24-25,29,47H,11,18,21-23,26-28,30-31H2,1H3,(H,46,48). The average Bonchev–Trinajstić information content (AvgIpc) is 3.59. The van der Waals surface area contributed by atoms with Gasteiger partial charge in [0.1, 0.15) is 12.4 Å². The Bertz CT molecular complexity index is 1910. The molecule has 2 N–H and O–H groups in total. The van der Waals surface area contributed by atoms with Gasteiger partial charge in [0, 0.05) is 4.88 Å². The zero-order valence-electron chi connectivity index (χ0n) is 30.1. The quantitative estimate of drug-likeness (QED) is 0.0640. The Balaban J connectivity index is 1.35. The number of halogens is 3. The number of thiophene rings is 1. The van der Waals surface area contributed by atoms with Crippen LogP contribution in [-0.4, -0.2) is 36.6 Å². The number of ether oxygens (including phenoxy) is 2. The van der Waals surface area contributed by atoms with Crippen LogP contribution in [0.3, 0.4) is 0 Å². The number of alkyl carbamates (subject to hydrolysis) is 1. The van der Waals surface area contributed by atoms with Gasteiger partial charge in [-0.25, -0.2) is 4.79 Å². The molecule has 0 radical (unpaired) electrons. The molecular weight excluding hydrogens is 734 g/mol. The van der Waals surface area contributed by atoms with Gasteiger partial charge in [-0.1, -0.05) is 97.1 Å². The van der Waals surface area contributed by atoms with Crippen LogP contribution < -0.4 is 10.1 Å². The zero-order chi connectivity index (χ0) is 38.4. The Hall–Kier alpha value is -4.41. The van der Waals surface area contributed by atoms with Crippen LogP contribution in [0.5, 0.6) is 5.75 Å². The first-order valence-corrected chi connectivity index (χ1v) is 20.6. The third-order valence-electron chi connectivity index (χ3n) is 8.89. The maximum atomic E-state index is 14.6. The average molecular weight is 780 g/mol. The normalized spacial score (nSPS) is 12.9. The highest BCUT2D eigenvalue weighted by Gasteiger charge is 2.38. The van der Waals surface area contributed by atoms with E-state index in [0.29, 0.717) is 18.4 Å². The van der Waals surface area contributed by atoms with Gasteiger partial charge in [0.2, 0.25) is 7.37 Å². The molecule has 54 heavy (non-hydrogen) atoms. The summed E-state index contributed by atoms with van der Waals surface area (Å²) in [6.07, 6.45) is -4.18. The number of amides is 1. The number of nitrogens with one attached hydrogen (secondary N) is 1. The van der Waals surface area contributed by atoms with E-state index in [-0.39, 0.29) is 44.1 Å². The van der Waals surface area contributed by atoms with Crippen LogP contribution in [0.15, 0.2) is 121 Å². The molecule has 12 heteroatoms. The fourth-order valence-electron chi connectivity index (χ4n) is 5.97. The van der Waals surface area contributed by atoms with E-state index in [1.807, 2.05) is 79.0 Å². The summed E-state index contributed by atoms with van der Waals surface area (Å²) >= 11 is 1.63. The first-order chi connectivity index (χ1) is 25.9. The number of rotatable bonds is 19. The van der Waals surface area contributed by atoms with E-state index in [9.17, 15) is 27.6 Å². The molecule has 7 nitrogen and oxygen atoms in total. The molecule has 5 aromatic rings. The second kappa shape index (κ2) is 19.3. The zero-order valence-corrected chi connectivity index (χ0v) is 31.8. The first kappa shape index (κ1) is 40.8. The molecule has 0 spiro atoms. The van der Waals surface area contributed by atoms with Crippen molar-refractivity contribution in [2.75, 3.05) is 19.8 Å². The molecule has 286 valence electrons. The van der Waals surface area contributed by atoms with Crippen LogP contribution in [0.1, 0.15) is 51.1 Å². The molecule has 1 aromatic heterocycles. The Morgan fingerprint density at radius 2 is 1.41 bits per heavy atom. The predicted molar refractivity (Wildman–Crippen MR) is 206 cm³/mol. The van der Waals surface area contributed by atoms with Crippen molar-refractivity contribution in [3.63, 3.8) is 0 Å². The highest BCUT2D eigenvalue weighted by Crippen LogP contribution is 2.54. The molecule has 5 rings (SSSR count). The number of hydrogen-bond donors (Lipinski definition) is 2. The summed E-state index contributed by atoms with van der Waals surface area (Å²) < 4.78 is 74.9. The van der Waals surface area contributed by atoms with E-state index in [2.05, 4.69) is 11.4 Å². The van der Waals surface area contributed by atoms with Crippen molar-refractivity contribution in [3.8, 4) is 5.75 Å². The van der Waals surface area contributed by atoms with Gasteiger partial charge in [0.15, 0.2) is 0 Å². The number of carbonyl (C=O) groups excluding carboxylic acids is 1. The van der Waals surface area contributed by atoms with Crippen LogP contribution in [-0.2, 0) is 51.8 Å². The molecule has 1 atom stereocenters. The number of aliphatic hydroxyl groups is 1. The third kappa shape index (κ3) is 12.6. The largest absolute Gasteiger partial charge is 0.493 e. The Kier molecular flexibility index (Phi) is 14.5. The molecular formula is C42H45F3NO6PS. The molecule has 1 amide bonds. The van der Waals surface area contributed by atoms with E-state index in [1.165, 1.54) is 10.9 Å². The lowest BCUT2D eigenvalue weighted by molar-refractivity contribution is -0.139. The van der Waals surface area contributed by atoms with Crippen molar-refractivity contribution >= 4 is 24.8 Å². The molecule has 0 fully saturated rings. The second-order valence-electron chi connectivity index (χ2n) is 13.3. The summed E-state index contributed by atoms with van der Waals surface area (Å²) in [5, 5.41) is 15.6. The topological polar surface area (TPSA) is 94.1 Å². The summed E-state index contributed by atoms with van der Waals surface area (Å²) in [6.45, 7) is 1.00. The van der Waals surface area contributed by atoms with E-state index >= 15 is 0 Å². The van der Waals surface area contributed by atoms with Gasteiger partial charge in [-0.2, -0.15) is 13.2 Å². The van der Waals surface area contributed by atoms with E-state index < -0.39 is 44.0 Å². The Morgan fingerprint density at radius 1 is 0.796 bits per heavy atom. The van der Waals surface area contributed by atoms with Crippen molar-refractivity contribution in [1.82, 2.24) is 5.32 Å². The molecule has 0 aliphatic heterocycles. The van der Waals surface area contributed by atoms with Crippen molar-refractivity contribution in [2.24, 2.45) is 0 Å². The van der Waals surface area contributed by atoms with Crippen molar-refractivity contribution in [2.45, 2.75) is 63.3 Å². The van der Waals surface area contributed by atoms with Crippen molar-refractivity contribution in [3.05, 3.63) is 159 Å². The van der Waals surface area contributed by atoms with Crippen LogP contribution in [0.2, 0.25) is 0 Å². The lowest BCUT2D eigenvalue weighted by Gasteiger charge is -2.34. The number of carbonyl (C=O) groups is 1. The van der Waals surface area contributed by atoms with Crippen molar-refractivity contribution < 1.29 is 41.6 Å². The Morgan fingerprint density at radius 3 is 1.96 bits per heavy atom. The van der Waals surface area contributed by atoms with Gasteiger partial charge in [-0.15, -0.1) is 11.3 Å². The maximum Gasteiger partial charge on any atom is 0.419 e. The van der Waals surface area contributed by atoms with Gasteiger partial charge < -0.3 is 24.4 Å². The molecule has 0 saturated heterocycles. The molecule has 0 saturated carbocycles. The van der Waals surface area contributed by atoms with Gasteiger partial charge >= 0.3 is 12.3 Å². The molecule has 1 unspecified atom stereocenters. The van der Waals surface area contributed by atoms with E-state index in [4.69, 9.17) is 14.0 Å². The van der Waals surface area contributed by atoms with Gasteiger partial charge in [-0.3, -0.25) is 4.57 Å². The van der Waals surface area contributed by atoms with E-state index in [0.717, 1.165) is 28.3 Å². The smallest absolute Gasteiger partial charge is 0.419 e. The van der Waals surface area contributed by atoms with Crippen LogP contribution in [0.4, 0.5) is 18.0 Å². The van der Waals surface area contributed by atoms with E-state index in [1.54, 1.807) is 41.7 Å². The Labute approximate surface area is 318 Å². The van der Waals surface area contributed by atoms with Crippen LogP contribution >= 0.6 is 18.7 Å². The predicted octanol–water partition coefficient (Wildman–Crippen LogP) is 10.4. The first-order valence-electron chi connectivity index (χ1n) is 17.7. The van der Waals surface area contributed by atoms with Crippen LogP contribution in [0.25, 0.3) is 0 Å². The summed E-state index contributed by atoms with van der Waals surface area (Å²) in [7, 11) is -3.51. The summed E-state index contributed by atoms with van der Waals surface area (Å²) in [6, 6.07) is 33.4. The number of alkyl halides is 3. The molecule has 0 aliphatic carbocycles. The number of hydrogen-bond acceptors (Lipinski definition) is 7. The minimum atomic E-state index is -4.69. The minimum Gasteiger partial charge on any atom is -0.493 e. The molecule has 0 bridgehead atoms. The number of benzene rings is 4. The molecule has 4 aromatic carbocycles. The van der Waals surface area contributed by atoms with Crippen LogP contribution in [0, 0.1) is 6.92 Å². The SMILES string of the molecule is Cc1cc(CCCOc2ccc(CCC(CO)(COP(=O)(Cc3ccccc3)Cc3ccccc3)NC(=O)OCc3ccccc3)cc2C(F)(F)F)cs1. The fourth-order valence-corrected chi connectivity index (χ4v) is 9.03. The van der Waals surface area contributed by atoms with Gasteiger partial charge in [-0.05, 0) is 84.0 Å². The summed E-state index contributed by atoms with van der Waals surface area (Å²) in [5.41, 5.74) is 1.25. The lowest BCUT2D eigenvalue weighted by atomic mass is 9.92. The van der Waals surface area contributed by atoms with Gasteiger partial charge in [0.05, 0.1) is 43.2 Å². The fraction of sp³-hybridized carbons (Fsp3) is 0.310. The minimum absolute atomic E-state index is 0.00538. The highest BCUT2D eigenvalue weighted by atomic mass is 32.1. The highest BCUT2D eigenvalue weighted by molar-refractivity contribution is 7.57. The van der Waals surface area contributed by atoms with Crippen molar-refractivity contribution in [1.29, 1.82) is 0 Å². The maximum absolute atomic E-state index is 14.6. The molecule has 0 aliphatic rings. The summed E-state index contributed by atoms with van der Waals surface area (Å²) in [4.78, 5) is 14.4. The number of aryl methyl sites for hydroxylation is 3. The number of aliphatic hydroxyl groups excluding tert-OH is 1. The lowest BCUT2D eigenvalue weighted by Crippen LogP contribution is -2.55. The van der Waals surface area contributed by atoms with Gasteiger partial charge in [0.25, 0.3) is 0 Å². The monoisotopic (exact) mass is 779 g/mol. The third-order valence-corrected chi connectivity index (χ3v) is 12.1.